The highest BCUT2D eigenvalue weighted by molar-refractivity contribution is 4.89. The third-order valence-corrected chi connectivity index (χ3v) is 2.95. The van der Waals surface area contributed by atoms with E-state index in [1.807, 2.05) is 0 Å². The zero-order valence-corrected chi connectivity index (χ0v) is 11.8. The van der Waals surface area contributed by atoms with Crippen LogP contribution < -0.4 is 0 Å². The Morgan fingerprint density at radius 2 is 1.11 bits per heavy atom. The first-order valence-electron chi connectivity index (χ1n) is 6.16. The first-order chi connectivity index (χ1) is 9.13. The minimum Gasteiger partial charge on any atom is -0.368 e. The van der Waals surface area contributed by atoms with Crippen LogP contribution in [0.2, 0.25) is 0 Å². The van der Waals surface area contributed by atoms with Crippen LogP contribution in [-0.2, 0) is 14.2 Å². The number of ether oxygens (including phenoxy) is 3. The minimum atomic E-state index is -0.301. The molecule has 0 heterocycles. The zero-order valence-electron chi connectivity index (χ0n) is 11.8. The summed E-state index contributed by atoms with van der Waals surface area (Å²) in [6, 6.07) is 0. The molecule has 0 unspecified atom stereocenters. The Kier molecular flexibility index (Phi) is 9.69. The van der Waals surface area contributed by atoms with Gasteiger partial charge in [0.15, 0.2) is 0 Å². The topological polar surface area (TPSA) is 27.7 Å². The molecule has 0 amide bonds. The van der Waals surface area contributed by atoms with E-state index in [2.05, 4.69) is 31.6 Å². The Morgan fingerprint density at radius 3 is 1.32 bits per heavy atom. The van der Waals surface area contributed by atoms with Gasteiger partial charge in [-0.3, -0.25) is 0 Å². The highest BCUT2D eigenvalue weighted by Gasteiger charge is 2.35. The van der Waals surface area contributed by atoms with Gasteiger partial charge in [0.05, 0.1) is 19.8 Å². The van der Waals surface area contributed by atoms with Crippen molar-refractivity contribution >= 4 is 0 Å². The van der Waals surface area contributed by atoms with E-state index in [4.69, 9.17) is 33.5 Å². The molecule has 0 fully saturated rings. The van der Waals surface area contributed by atoms with Crippen molar-refractivity contribution in [1.29, 1.82) is 0 Å². The molecule has 0 aromatic heterocycles. The predicted octanol–water partition coefficient (Wildman–Crippen LogP) is 1.58. The SMILES string of the molecule is C#CCOCC(COCC#C)(COCC#C)C(C)C. The maximum absolute atomic E-state index is 5.47. The third kappa shape index (κ3) is 6.90. The molecule has 19 heavy (non-hydrogen) atoms. The lowest BCUT2D eigenvalue weighted by Crippen LogP contribution is -2.42. The van der Waals surface area contributed by atoms with Gasteiger partial charge in [-0.15, -0.1) is 19.3 Å². The highest BCUT2D eigenvalue weighted by Crippen LogP contribution is 2.29. The summed E-state index contributed by atoms with van der Waals surface area (Å²) in [7, 11) is 0. The van der Waals surface area contributed by atoms with Crippen molar-refractivity contribution in [2.75, 3.05) is 39.6 Å². The number of hydrogen-bond acceptors (Lipinski definition) is 3. The van der Waals surface area contributed by atoms with Crippen LogP contribution in [0.5, 0.6) is 0 Å². The molecule has 0 radical (unpaired) electrons. The van der Waals surface area contributed by atoms with E-state index in [9.17, 15) is 0 Å². The molecule has 0 bridgehead atoms. The van der Waals surface area contributed by atoms with Crippen LogP contribution in [-0.4, -0.2) is 39.6 Å². The summed E-state index contributed by atoms with van der Waals surface area (Å²) in [4.78, 5) is 0. The third-order valence-electron chi connectivity index (χ3n) is 2.95. The Labute approximate surface area is 117 Å². The Hall–Kier alpha value is -1.44. The fraction of sp³-hybridized carbons (Fsp3) is 0.625. The van der Waals surface area contributed by atoms with Gasteiger partial charge in [-0.05, 0) is 5.92 Å². The largest absolute Gasteiger partial charge is 0.368 e. The van der Waals surface area contributed by atoms with Crippen LogP contribution in [0.4, 0.5) is 0 Å². The molecule has 0 aliphatic rings. The van der Waals surface area contributed by atoms with Crippen molar-refractivity contribution in [1.82, 2.24) is 0 Å². The van der Waals surface area contributed by atoms with Gasteiger partial charge in [0.2, 0.25) is 0 Å². The lowest BCUT2D eigenvalue weighted by molar-refractivity contribution is -0.0795. The van der Waals surface area contributed by atoms with Crippen LogP contribution in [0, 0.1) is 48.4 Å². The van der Waals surface area contributed by atoms with Crippen molar-refractivity contribution < 1.29 is 14.2 Å². The smallest absolute Gasteiger partial charge is 0.107 e. The van der Waals surface area contributed by atoms with Gasteiger partial charge in [-0.25, -0.2) is 0 Å². The van der Waals surface area contributed by atoms with E-state index in [0.29, 0.717) is 19.8 Å². The first-order valence-corrected chi connectivity index (χ1v) is 6.16. The second-order valence-corrected chi connectivity index (χ2v) is 4.61. The van der Waals surface area contributed by atoms with Gasteiger partial charge in [-0.2, -0.15) is 0 Å². The predicted molar refractivity (Wildman–Crippen MR) is 76.2 cm³/mol. The van der Waals surface area contributed by atoms with E-state index >= 15 is 0 Å². The molecule has 0 atom stereocenters. The summed E-state index contributed by atoms with van der Waals surface area (Å²) in [5, 5.41) is 0. The van der Waals surface area contributed by atoms with Gasteiger partial charge in [0, 0.05) is 5.41 Å². The van der Waals surface area contributed by atoms with Gasteiger partial charge in [0.1, 0.15) is 19.8 Å². The lowest BCUT2D eigenvalue weighted by Gasteiger charge is -2.36. The second-order valence-electron chi connectivity index (χ2n) is 4.61. The summed E-state index contributed by atoms with van der Waals surface area (Å²) < 4.78 is 16.4. The van der Waals surface area contributed by atoms with E-state index in [0.717, 1.165) is 0 Å². The van der Waals surface area contributed by atoms with Crippen LogP contribution >= 0.6 is 0 Å². The zero-order chi connectivity index (χ0) is 14.6. The van der Waals surface area contributed by atoms with Crippen molar-refractivity contribution in [2.45, 2.75) is 13.8 Å². The summed E-state index contributed by atoms with van der Waals surface area (Å²) in [5.74, 6) is 7.61. The Balaban J connectivity index is 4.64. The summed E-state index contributed by atoms with van der Waals surface area (Å²) in [6.07, 6.45) is 15.6. The minimum absolute atomic E-state index is 0.263. The molecule has 0 rings (SSSR count). The fourth-order valence-electron chi connectivity index (χ4n) is 1.56. The molecule has 3 nitrogen and oxygen atoms in total. The highest BCUT2D eigenvalue weighted by atomic mass is 16.5. The van der Waals surface area contributed by atoms with E-state index in [-0.39, 0.29) is 31.2 Å². The maximum Gasteiger partial charge on any atom is 0.107 e. The second kappa shape index (κ2) is 10.5. The van der Waals surface area contributed by atoms with Crippen LogP contribution in [0.1, 0.15) is 13.8 Å². The molecule has 3 heteroatoms. The molecule has 0 spiro atoms. The summed E-state index contributed by atoms with van der Waals surface area (Å²) in [6.45, 7) is 6.30. The van der Waals surface area contributed by atoms with Crippen molar-refractivity contribution in [2.24, 2.45) is 11.3 Å². The normalized spacial score (nSPS) is 10.7. The van der Waals surface area contributed by atoms with Gasteiger partial charge in [-0.1, -0.05) is 31.6 Å². The first kappa shape index (κ1) is 17.6. The number of hydrogen-bond donors (Lipinski definition) is 0. The Morgan fingerprint density at radius 1 is 0.789 bits per heavy atom. The lowest BCUT2D eigenvalue weighted by atomic mass is 9.79. The summed E-state index contributed by atoms with van der Waals surface area (Å²) in [5.41, 5.74) is -0.301. The van der Waals surface area contributed by atoms with Crippen LogP contribution in [0.15, 0.2) is 0 Å². The Bertz CT molecular complexity index is 301. The van der Waals surface area contributed by atoms with Gasteiger partial charge < -0.3 is 14.2 Å². The van der Waals surface area contributed by atoms with E-state index in [1.54, 1.807) is 0 Å². The van der Waals surface area contributed by atoms with E-state index < -0.39 is 0 Å². The summed E-state index contributed by atoms with van der Waals surface area (Å²) >= 11 is 0. The van der Waals surface area contributed by atoms with Crippen molar-refractivity contribution in [3.63, 3.8) is 0 Å². The molecular weight excluding hydrogens is 240 g/mol. The fourth-order valence-corrected chi connectivity index (χ4v) is 1.56. The van der Waals surface area contributed by atoms with Crippen molar-refractivity contribution in [3.05, 3.63) is 0 Å². The van der Waals surface area contributed by atoms with Crippen LogP contribution in [0.25, 0.3) is 0 Å². The molecular formula is C16H22O3. The van der Waals surface area contributed by atoms with Gasteiger partial charge >= 0.3 is 0 Å². The van der Waals surface area contributed by atoms with Gasteiger partial charge in [0.25, 0.3) is 0 Å². The average molecular weight is 262 g/mol. The molecule has 0 N–H and O–H groups in total. The van der Waals surface area contributed by atoms with Crippen LogP contribution in [0.3, 0.4) is 0 Å². The van der Waals surface area contributed by atoms with Crippen molar-refractivity contribution in [3.8, 4) is 37.0 Å². The molecule has 0 saturated carbocycles. The molecule has 0 saturated heterocycles. The quantitative estimate of drug-likeness (QED) is 0.442. The monoisotopic (exact) mass is 262 g/mol. The molecule has 0 aromatic carbocycles. The number of terminal acetylenes is 3. The standard InChI is InChI=1S/C16H22O3/c1-6-9-17-12-16(15(4)5,13-18-10-7-2)14-19-11-8-3/h1-3,15H,9-14H2,4-5H3. The number of rotatable bonds is 10. The molecule has 0 aliphatic heterocycles. The maximum atomic E-state index is 5.47. The molecule has 0 aromatic rings. The molecule has 0 aliphatic carbocycles. The molecule has 104 valence electrons. The average Bonchev–Trinajstić information content (AvgIpc) is 2.38. The van der Waals surface area contributed by atoms with E-state index in [1.165, 1.54) is 0 Å².